The Hall–Kier alpha value is -2.36. The Balaban J connectivity index is 1.94. The molecule has 0 saturated carbocycles. The van der Waals surface area contributed by atoms with Crippen molar-refractivity contribution >= 4 is 16.7 Å². The molecular formula is C16H16N4. The van der Waals surface area contributed by atoms with Crippen molar-refractivity contribution < 1.29 is 0 Å². The third kappa shape index (κ3) is 1.68. The molecule has 2 aromatic heterocycles. The summed E-state index contributed by atoms with van der Waals surface area (Å²) in [5.74, 6) is 0.919. The van der Waals surface area contributed by atoms with Crippen LogP contribution >= 0.6 is 0 Å². The summed E-state index contributed by atoms with van der Waals surface area (Å²) < 4.78 is 2.13. The second-order valence-corrected chi connectivity index (χ2v) is 5.24. The Bertz CT molecular complexity index is 774. The van der Waals surface area contributed by atoms with Gasteiger partial charge in [-0.1, -0.05) is 6.07 Å². The standard InChI is InChI=1S/C16H16N4/c1-20-15-9-11-5-4-8-18-13(11)10-14(15)19-16(20)12-6-2-3-7-17-12/h2-3,6-7,9-10,18H,4-5,8H2,1H3. The van der Waals surface area contributed by atoms with Gasteiger partial charge < -0.3 is 9.88 Å². The minimum Gasteiger partial charge on any atom is -0.385 e. The molecule has 100 valence electrons. The Labute approximate surface area is 117 Å². The molecule has 0 saturated heterocycles. The van der Waals surface area contributed by atoms with E-state index in [4.69, 9.17) is 4.98 Å². The van der Waals surface area contributed by atoms with Gasteiger partial charge in [0.25, 0.3) is 0 Å². The van der Waals surface area contributed by atoms with Crippen LogP contribution in [0.25, 0.3) is 22.6 Å². The first-order valence-corrected chi connectivity index (χ1v) is 6.97. The lowest BCUT2D eigenvalue weighted by Gasteiger charge is -2.17. The van der Waals surface area contributed by atoms with Gasteiger partial charge in [0.2, 0.25) is 0 Å². The van der Waals surface area contributed by atoms with Gasteiger partial charge in [-0.25, -0.2) is 4.98 Å². The number of aryl methyl sites for hydroxylation is 2. The molecule has 4 heteroatoms. The summed E-state index contributed by atoms with van der Waals surface area (Å²) in [6.07, 6.45) is 4.15. The summed E-state index contributed by atoms with van der Waals surface area (Å²) in [5, 5.41) is 3.46. The highest BCUT2D eigenvalue weighted by Crippen LogP contribution is 2.29. The first-order chi connectivity index (χ1) is 9.83. The van der Waals surface area contributed by atoms with Crippen molar-refractivity contribution in [2.45, 2.75) is 12.8 Å². The molecular weight excluding hydrogens is 248 g/mol. The number of imidazole rings is 1. The Morgan fingerprint density at radius 2 is 2.20 bits per heavy atom. The molecule has 4 rings (SSSR count). The summed E-state index contributed by atoms with van der Waals surface area (Å²) in [4.78, 5) is 9.15. The van der Waals surface area contributed by atoms with Gasteiger partial charge in [0.1, 0.15) is 5.69 Å². The number of fused-ring (bicyclic) bond motifs is 2. The molecule has 0 fully saturated rings. The van der Waals surface area contributed by atoms with E-state index in [9.17, 15) is 0 Å². The normalized spacial score (nSPS) is 14.1. The molecule has 3 heterocycles. The van der Waals surface area contributed by atoms with E-state index in [-0.39, 0.29) is 0 Å². The van der Waals surface area contributed by atoms with Gasteiger partial charge >= 0.3 is 0 Å². The highest BCUT2D eigenvalue weighted by atomic mass is 15.1. The molecule has 4 nitrogen and oxygen atoms in total. The number of hydrogen-bond acceptors (Lipinski definition) is 3. The summed E-state index contributed by atoms with van der Waals surface area (Å²) in [7, 11) is 2.06. The quantitative estimate of drug-likeness (QED) is 0.734. The lowest BCUT2D eigenvalue weighted by Crippen LogP contribution is -2.11. The van der Waals surface area contributed by atoms with Gasteiger partial charge in [-0.3, -0.25) is 4.98 Å². The Kier molecular flexibility index (Phi) is 2.49. The van der Waals surface area contributed by atoms with Crippen LogP contribution in [0.1, 0.15) is 12.0 Å². The molecule has 0 unspecified atom stereocenters. The number of nitrogens with zero attached hydrogens (tertiary/aromatic N) is 3. The zero-order chi connectivity index (χ0) is 13.5. The van der Waals surface area contributed by atoms with Crippen LogP contribution < -0.4 is 5.32 Å². The van der Waals surface area contributed by atoms with E-state index in [0.29, 0.717) is 0 Å². The number of nitrogens with one attached hydrogen (secondary N) is 1. The fraction of sp³-hybridized carbons (Fsp3) is 0.250. The highest BCUT2D eigenvalue weighted by Gasteiger charge is 2.15. The fourth-order valence-corrected chi connectivity index (χ4v) is 2.88. The lowest BCUT2D eigenvalue weighted by atomic mass is 10.0. The van der Waals surface area contributed by atoms with Crippen LogP contribution in [0.4, 0.5) is 5.69 Å². The molecule has 0 bridgehead atoms. The molecule has 0 atom stereocenters. The maximum atomic E-state index is 4.75. The van der Waals surface area contributed by atoms with Crippen LogP contribution in [0, 0.1) is 0 Å². The summed E-state index contributed by atoms with van der Waals surface area (Å²) in [6, 6.07) is 10.3. The Morgan fingerprint density at radius 1 is 1.25 bits per heavy atom. The van der Waals surface area contributed by atoms with Gasteiger partial charge in [0.05, 0.1) is 11.0 Å². The van der Waals surface area contributed by atoms with Crippen LogP contribution in [-0.2, 0) is 13.5 Å². The van der Waals surface area contributed by atoms with Gasteiger partial charge in [-0.2, -0.15) is 0 Å². The lowest BCUT2D eigenvalue weighted by molar-refractivity contribution is 0.830. The van der Waals surface area contributed by atoms with Crippen molar-refractivity contribution in [3.05, 3.63) is 42.1 Å². The largest absolute Gasteiger partial charge is 0.385 e. The molecule has 0 spiro atoms. The van der Waals surface area contributed by atoms with Gasteiger partial charge in [0.15, 0.2) is 5.82 Å². The average molecular weight is 264 g/mol. The first kappa shape index (κ1) is 11.5. The van der Waals surface area contributed by atoms with Gasteiger partial charge in [0, 0.05) is 25.5 Å². The van der Waals surface area contributed by atoms with Gasteiger partial charge in [-0.05, 0) is 42.7 Å². The zero-order valence-electron chi connectivity index (χ0n) is 11.4. The molecule has 0 radical (unpaired) electrons. The van der Waals surface area contributed by atoms with Crippen molar-refractivity contribution in [3.8, 4) is 11.5 Å². The number of anilines is 1. The van der Waals surface area contributed by atoms with E-state index in [0.717, 1.165) is 30.0 Å². The number of aromatic nitrogens is 3. The third-order valence-electron chi connectivity index (χ3n) is 3.94. The van der Waals surface area contributed by atoms with E-state index < -0.39 is 0 Å². The summed E-state index contributed by atoms with van der Waals surface area (Å²) in [6.45, 7) is 1.05. The van der Waals surface area contributed by atoms with Crippen molar-refractivity contribution in [1.82, 2.24) is 14.5 Å². The summed E-state index contributed by atoms with van der Waals surface area (Å²) in [5.41, 5.74) is 5.74. The maximum absolute atomic E-state index is 4.75. The van der Waals surface area contributed by atoms with Crippen molar-refractivity contribution in [2.75, 3.05) is 11.9 Å². The molecule has 1 aliphatic heterocycles. The molecule has 0 amide bonds. The highest BCUT2D eigenvalue weighted by molar-refractivity contribution is 5.85. The average Bonchev–Trinajstić information content (AvgIpc) is 2.83. The van der Waals surface area contributed by atoms with E-state index >= 15 is 0 Å². The van der Waals surface area contributed by atoms with Crippen LogP contribution in [0.5, 0.6) is 0 Å². The first-order valence-electron chi connectivity index (χ1n) is 6.97. The van der Waals surface area contributed by atoms with Gasteiger partial charge in [-0.15, -0.1) is 0 Å². The number of benzene rings is 1. The molecule has 0 aliphatic carbocycles. The number of rotatable bonds is 1. The Morgan fingerprint density at radius 3 is 3.05 bits per heavy atom. The van der Waals surface area contributed by atoms with E-state index in [1.54, 1.807) is 6.20 Å². The minimum atomic E-state index is 0.914. The number of hydrogen-bond donors (Lipinski definition) is 1. The predicted octanol–water partition coefficient (Wildman–Crippen LogP) is 2.99. The minimum absolute atomic E-state index is 0.914. The van der Waals surface area contributed by atoms with Crippen LogP contribution in [0.3, 0.4) is 0 Å². The van der Waals surface area contributed by atoms with E-state index in [2.05, 4.69) is 34.0 Å². The second kappa shape index (κ2) is 4.34. The van der Waals surface area contributed by atoms with E-state index in [1.165, 1.54) is 23.2 Å². The fourth-order valence-electron chi connectivity index (χ4n) is 2.88. The predicted molar refractivity (Wildman–Crippen MR) is 80.8 cm³/mol. The van der Waals surface area contributed by atoms with E-state index in [1.807, 2.05) is 18.2 Å². The van der Waals surface area contributed by atoms with Crippen molar-refractivity contribution in [1.29, 1.82) is 0 Å². The van der Waals surface area contributed by atoms with Crippen LogP contribution in [0.2, 0.25) is 0 Å². The molecule has 20 heavy (non-hydrogen) atoms. The molecule has 3 aromatic rings. The molecule has 1 N–H and O–H groups in total. The smallest absolute Gasteiger partial charge is 0.159 e. The van der Waals surface area contributed by atoms with Crippen molar-refractivity contribution in [3.63, 3.8) is 0 Å². The molecule has 1 aliphatic rings. The van der Waals surface area contributed by atoms with Crippen molar-refractivity contribution in [2.24, 2.45) is 7.05 Å². The third-order valence-corrected chi connectivity index (χ3v) is 3.94. The zero-order valence-corrected chi connectivity index (χ0v) is 11.4. The summed E-state index contributed by atoms with van der Waals surface area (Å²) >= 11 is 0. The topological polar surface area (TPSA) is 42.7 Å². The maximum Gasteiger partial charge on any atom is 0.159 e. The van der Waals surface area contributed by atoms with Crippen LogP contribution in [-0.4, -0.2) is 21.1 Å². The number of pyridine rings is 1. The van der Waals surface area contributed by atoms with Crippen LogP contribution in [0.15, 0.2) is 36.5 Å². The molecule has 1 aromatic carbocycles. The second-order valence-electron chi connectivity index (χ2n) is 5.24. The SMILES string of the molecule is Cn1c(-c2ccccn2)nc2cc3c(cc21)CCCN3. The monoisotopic (exact) mass is 264 g/mol.